The number of nitrogens with zero attached hydrogens (tertiary/aromatic N) is 1. The van der Waals surface area contributed by atoms with Crippen LogP contribution in [0.4, 0.5) is 5.69 Å². The van der Waals surface area contributed by atoms with Crippen molar-refractivity contribution in [1.29, 1.82) is 0 Å². The lowest BCUT2D eigenvalue weighted by Crippen LogP contribution is -2.32. The van der Waals surface area contributed by atoms with Crippen molar-refractivity contribution in [3.8, 4) is 0 Å². The Kier molecular flexibility index (Phi) is 6.30. The van der Waals surface area contributed by atoms with Crippen molar-refractivity contribution in [2.45, 2.75) is 4.90 Å². The van der Waals surface area contributed by atoms with Gasteiger partial charge in [0.25, 0.3) is 0 Å². The van der Waals surface area contributed by atoms with Crippen LogP contribution in [0.1, 0.15) is 15.9 Å². The number of thioether (sulfide) groups is 1. The van der Waals surface area contributed by atoms with E-state index in [1.54, 1.807) is 11.8 Å². The maximum Gasteiger partial charge on any atom is 0.329 e. The summed E-state index contributed by atoms with van der Waals surface area (Å²) in [6.07, 6.45) is 3.42. The molecule has 2 aromatic rings. The fourth-order valence-electron chi connectivity index (χ4n) is 1.81. The molecular weight excluding hydrogens is 340 g/mol. The van der Waals surface area contributed by atoms with Crippen LogP contribution < -0.4 is 16.5 Å². The smallest absolute Gasteiger partial charge is 0.329 e. The van der Waals surface area contributed by atoms with Crippen molar-refractivity contribution in [3.05, 3.63) is 59.7 Å². The van der Waals surface area contributed by atoms with Gasteiger partial charge in [0, 0.05) is 16.1 Å². The Morgan fingerprint density at radius 2 is 1.64 bits per heavy atom. The highest BCUT2D eigenvalue weighted by molar-refractivity contribution is 7.98. The van der Waals surface area contributed by atoms with Gasteiger partial charge in [-0.1, -0.05) is 12.1 Å². The number of hydrogen-bond donors (Lipinski definition) is 3. The van der Waals surface area contributed by atoms with Crippen LogP contribution >= 0.6 is 11.8 Å². The lowest BCUT2D eigenvalue weighted by Gasteiger charge is -2.04. The van der Waals surface area contributed by atoms with Crippen LogP contribution in [0.3, 0.4) is 0 Å². The first-order chi connectivity index (χ1) is 12.0. The standard InChI is InChI=1S/C17H16N4O3S/c1-25-14-8-2-11(3-9-14)10-19-21-17(24)16(23)20-13-6-4-12(5-7-13)15(18)22/h2-10H,1H3,(H2,18,22)(H,20,23)(H,21,24). The Balaban J connectivity index is 1.87. The second kappa shape index (κ2) is 8.65. The van der Waals surface area contributed by atoms with Gasteiger partial charge in [-0.15, -0.1) is 11.8 Å². The third kappa shape index (κ3) is 5.47. The van der Waals surface area contributed by atoms with Crippen molar-refractivity contribution < 1.29 is 14.4 Å². The van der Waals surface area contributed by atoms with Gasteiger partial charge in [0.05, 0.1) is 6.21 Å². The van der Waals surface area contributed by atoms with Crippen LogP contribution in [0, 0.1) is 0 Å². The van der Waals surface area contributed by atoms with Gasteiger partial charge in [-0.3, -0.25) is 14.4 Å². The molecule has 0 aliphatic carbocycles. The predicted molar refractivity (Wildman–Crippen MR) is 97.5 cm³/mol. The number of carbonyl (C=O) groups excluding carboxylic acids is 3. The number of anilines is 1. The molecule has 8 heteroatoms. The van der Waals surface area contributed by atoms with Gasteiger partial charge < -0.3 is 11.1 Å². The number of rotatable bonds is 5. The quantitative estimate of drug-likeness (QED) is 0.327. The van der Waals surface area contributed by atoms with Crippen molar-refractivity contribution in [3.63, 3.8) is 0 Å². The zero-order chi connectivity index (χ0) is 18.2. The zero-order valence-electron chi connectivity index (χ0n) is 13.4. The minimum atomic E-state index is -0.907. The van der Waals surface area contributed by atoms with E-state index in [1.165, 1.54) is 30.5 Å². The van der Waals surface area contributed by atoms with Crippen LogP contribution in [0.2, 0.25) is 0 Å². The molecule has 25 heavy (non-hydrogen) atoms. The Hall–Kier alpha value is -3.13. The van der Waals surface area contributed by atoms with E-state index in [4.69, 9.17) is 5.73 Å². The number of hydrazone groups is 1. The van der Waals surface area contributed by atoms with Crippen LogP contribution in [0.15, 0.2) is 58.5 Å². The fraction of sp³-hybridized carbons (Fsp3) is 0.0588. The van der Waals surface area contributed by atoms with E-state index in [9.17, 15) is 14.4 Å². The number of nitrogens with one attached hydrogen (secondary N) is 2. The SMILES string of the molecule is CSc1ccc(C=NNC(=O)C(=O)Nc2ccc(C(N)=O)cc2)cc1. The molecule has 0 aromatic heterocycles. The van der Waals surface area contributed by atoms with E-state index in [1.807, 2.05) is 30.5 Å². The number of primary amides is 1. The zero-order valence-corrected chi connectivity index (χ0v) is 14.2. The largest absolute Gasteiger partial charge is 0.366 e. The predicted octanol–water partition coefficient (Wildman–Crippen LogP) is 1.60. The molecule has 0 spiro atoms. The summed E-state index contributed by atoms with van der Waals surface area (Å²) in [5.74, 6) is -2.35. The lowest BCUT2D eigenvalue weighted by molar-refractivity contribution is -0.136. The number of hydrogen-bond acceptors (Lipinski definition) is 5. The Bertz CT molecular complexity index is 802. The van der Waals surface area contributed by atoms with Gasteiger partial charge in [-0.2, -0.15) is 5.10 Å². The number of carbonyl (C=O) groups is 3. The van der Waals surface area contributed by atoms with E-state index in [0.717, 1.165) is 10.5 Å². The first-order valence-electron chi connectivity index (χ1n) is 7.18. The highest BCUT2D eigenvalue weighted by Crippen LogP contribution is 2.13. The molecule has 7 nitrogen and oxygen atoms in total. The molecule has 0 bridgehead atoms. The topological polar surface area (TPSA) is 114 Å². The molecule has 0 atom stereocenters. The molecule has 0 unspecified atom stereocenters. The Labute approximate surface area is 148 Å². The monoisotopic (exact) mass is 356 g/mol. The number of amides is 3. The second-order valence-electron chi connectivity index (χ2n) is 4.87. The average Bonchev–Trinajstić information content (AvgIpc) is 2.62. The summed E-state index contributed by atoms with van der Waals surface area (Å²) < 4.78 is 0. The van der Waals surface area contributed by atoms with Gasteiger partial charge >= 0.3 is 11.8 Å². The third-order valence-electron chi connectivity index (χ3n) is 3.13. The highest BCUT2D eigenvalue weighted by atomic mass is 32.2. The molecule has 0 radical (unpaired) electrons. The number of nitrogens with two attached hydrogens (primary N) is 1. The molecule has 128 valence electrons. The summed E-state index contributed by atoms with van der Waals surface area (Å²) in [7, 11) is 0. The Morgan fingerprint density at radius 1 is 1.00 bits per heavy atom. The minimum absolute atomic E-state index is 0.305. The molecule has 0 fully saturated rings. The maximum atomic E-state index is 11.8. The average molecular weight is 356 g/mol. The van der Waals surface area contributed by atoms with Crippen LogP contribution in [-0.2, 0) is 9.59 Å². The van der Waals surface area contributed by atoms with Crippen molar-refractivity contribution in [1.82, 2.24) is 5.43 Å². The molecule has 0 aliphatic rings. The second-order valence-corrected chi connectivity index (χ2v) is 5.75. The van der Waals surface area contributed by atoms with Gasteiger partial charge in [-0.25, -0.2) is 5.43 Å². The molecule has 2 aromatic carbocycles. The Morgan fingerprint density at radius 3 is 2.20 bits per heavy atom. The molecule has 0 saturated carbocycles. The summed E-state index contributed by atoms with van der Waals surface area (Å²) in [4.78, 5) is 35.5. The third-order valence-corrected chi connectivity index (χ3v) is 3.87. The summed E-state index contributed by atoms with van der Waals surface area (Å²) in [5.41, 5.74) is 8.73. The van der Waals surface area contributed by atoms with E-state index >= 15 is 0 Å². The van der Waals surface area contributed by atoms with Crippen molar-refractivity contribution >= 4 is 41.4 Å². The number of benzene rings is 2. The molecular formula is C17H16N4O3S. The molecule has 0 aliphatic heterocycles. The summed E-state index contributed by atoms with van der Waals surface area (Å²) in [6.45, 7) is 0. The molecule has 0 saturated heterocycles. The van der Waals surface area contributed by atoms with Gasteiger partial charge in [0.1, 0.15) is 0 Å². The lowest BCUT2D eigenvalue weighted by atomic mass is 10.2. The van der Waals surface area contributed by atoms with E-state index in [-0.39, 0.29) is 0 Å². The first-order valence-corrected chi connectivity index (χ1v) is 8.40. The van der Waals surface area contributed by atoms with Gasteiger partial charge in [0.2, 0.25) is 5.91 Å². The van der Waals surface area contributed by atoms with Crippen molar-refractivity contribution in [2.24, 2.45) is 10.8 Å². The normalized spacial score (nSPS) is 10.4. The molecule has 4 N–H and O–H groups in total. The van der Waals surface area contributed by atoms with E-state index in [2.05, 4.69) is 15.8 Å². The van der Waals surface area contributed by atoms with Crippen LogP contribution in [-0.4, -0.2) is 30.2 Å². The van der Waals surface area contributed by atoms with Gasteiger partial charge in [-0.05, 0) is 48.2 Å². The van der Waals surface area contributed by atoms with E-state index < -0.39 is 17.7 Å². The van der Waals surface area contributed by atoms with Crippen LogP contribution in [0.5, 0.6) is 0 Å². The highest BCUT2D eigenvalue weighted by Gasteiger charge is 2.13. The molecule has 0 heterocycles. The maximum absolute atomic E-state index is 11.8. The molecule has 3 amide bonds. The summed E-state index contributed by atoms with van der Waals surface area (Å²) in [5, 5.41) is 6.14. The van der Waals surface area contributed by atoms with Crippen LogP contribution in [0.25, 0.3) is 0 Å². The fourth-order valence-corrected chi connectivity index (χ4v) is 2.22. The minimum Gasteiger partial charge on any atom is -0.366 e. The summed E-state index contributed by atoms with van der Waals surface area (Å²) in [6, 6.07) is 13.4. The van der Waals surface area contributed by atoms with E-state index in [0.29, 0.717) is 11.3 Å². The summed E-state index contributed by atoms with van der Waals surface area (Å²) >= 11 is 1.62. The van der Waals surface area contributed by atoms with Gasteiger partial charge in [0.15, 0.2) is 0 Å². The van der Waals surface area contributed by atoms with Crippen molar-refractivity contribution in [2.75, 3.05) is 11.6 Å². The molecule has 2 rings (SSSR count). The first kappa shape index (κ1) is 18.2.